The van der Waals surface area contributed by atoms with Crippen molar-refractivity contribution < 1.29 is 0 Å². The molecule has 0 aromatic rings. The smallest absolute Gasteiger partial charge is 0.0684 e. The molecule has 1 fully saturated rings. The van der Waals surface area contributed by atoms with Crippen molar-refractivity contribution in [2.45, 2.75) is 59.4 Å². The molecule has 0 heterocycles. The summed E-state index contributed by atoms with van der Waals surface area (Å²) in [6.07, 6.45) is 4.98. The van der Waals surface area contributed by atoms with E-state index in [1.807, 2.05) is 13.8 Å². The average molecular weight is 222 g/mol. The SMILES string of the molecule is CC1CCCC(NCCC(C)(C)C#N)C1C. The minimum atomic E-state index is -0.184. The maximum atomic E-state index is 8.95. The van der Waals surface area contributed by atoms with Crippen molar-refractivity contribution in [1.29, 1.82) is 5.26 Å². The quantitative estimate of drug-likeness (QED) is 0.792. The van der Waals surface area contributed by atoms with Crippen molar-refractivity contribution in [3.05, 3.63) is 0 Å². The number of hydrogen-bond acceptors (Lipinski definition) is 2. The Balaban J connectivity index is 2.30. The zero-order valence-electron chi connectivity index (χ0n) is 11.2. The van der Waals surface area contributed by atoms with E-state index in [9.17, 15) is 0 Å². The molecule has 0 spiro atoms. The van der Waals surface area contributed by atoms with Crippen molar-refractivity contribution >= 4 is 0 Å². The summed E-state index contributed by atoms with van der Waals surface area (Å²) in [4.78, 5) is 0. The third-order valence-corrected chi connectivity index (χ3v) is 4.17. The van der Waals surface area contributed by atoms with Gasteiger partial charge in [-0.05, 0) is 45.1 Å². The van der Waals surface area contributed by atoms with Gasteiger partial charge in [-0.25, -0.2) is 0 Å². The van der Waals surface area contributed by atoms with Gasteiger partial charge in [0.2, 0.25) is 0 Å². The largest absolute Gasteiger partial charge is 0.314 e. The number of nitrogens with one attached hydrogen (secondary N) is 1. The molecule has 0 aromatic heterocycles. The van der Waals surface area contributed by atoms with Gasteiger partial charge in [0, 0.05) is 6.04 Å². The minimum absolute atomic E-state index is 0.184. The molecule has 0 saturated heterocycles. The van der Waals surface area contributed by atoms with E-state index in [0.717, 1.165) is 24.8 Å². The zero-order valence-corrected chi connectivity index (χ0v) is 11.2. The van der Waals surface area contributed by atoms with E-state index in [-0.39, 0.29) is 5.41 Å². The zero-order chi connectivity index (χ0) is 12.2. The predicted octanol–water partition coefficient (Wildman–Crippen LogP) is 3.34. The van der Waals surface area contributed by atoms with Crippen molar-refractivity contribution in [2.24, 2.45) is 17.3 Å². The molecular formula is C14H26N2. The van der Waals surface area contributed by atoms with Crippen molar-refractivity contribution in [3.8, 4) is 6.07 Å². The van der Waals surface area contributed by atoms with Gasteiger partial charge in [-0.3, -0.25) is 0 Å². The Labute approximate surface area is 100 Å². The van der Waals surface area contributed by atoms with Gasteiger partial charge in [0.05, 0.1) is 11.5 Å². The fraction of sp³-hybridized carbons (Fsp3) is 0.929. The van der Waals surface area contributed by atoms with Crippen LogP contribution in [0.2, 0.25) is 0 Å². The normalized spacial score (nSPS) is 31.1. The van der Waals surface area contributed by atoms with E-state index in [2.05, 4.69) is 25.2 Å². The fourth-order valence-electron chi connectivity index (χ4n) is 2.50. The van der Waals surface area contributed by atoms with Crippen LogP contribution in [0.1, 0.15) is 53.4 Å². The Morgan fingerprint density at radius 1 is 1.31 bits per heavy atom. The van der Waals surface area contributed by atoms with Crippen LogP contribution in [0.25, 0.3) is 0 Å². The van der Waals surface area contributed by atoms with Crippen LogP contribution in [0.15, 0.2) is 0 Å². The second-order valence-corrected chi connectivity index (χ2v) is 6.07. The van der Waals surface area contributed by atoms with Crippen molar-refractivity contribution in [3.63, 3.8) is 0 Å². The van der Waals surface area contributed by atoms with Crippen LogP contribution in [0.3, 0.4) is 0 Å². The molecule has 0 amide bonds. The summed E-state index contributed by atoms with van der Waals surface area (Å²) >= 11 is 0. The maximum absolute atomic E-state index is 8.95. The van der Waals surface area contributed by atoms with Gasteiger partial charge in [-0.15, -0.1) is 0 Å². The lowest BCUT2D eigenvalue weighted by Gasteiger charge is -2.35. The predicted molar refractivity (Wildman–Crippen MR) is 68.0 cm³/mol. The molecule has 0 aliphatic heterocycles. The van der Waals surface area contributed by atoms with Crippen LogP contribution in [0.5, 0.6) is 0 Å². The average Bonchev–Trinajstić information content (AvgIpc) is 2.24. The highest BCUT2D eigenvalue weighted by atomic mass is 14.9. The lowest BCUT2D eigenvalue weighted by Crippen LogP contribution is -2.41. The van der Waals surface area contributed by atoms with Gasteiger partial charge < -0.3 is 5.32 Å². The Morgan fingerprint density at radius 2 is 2.00 bits per heavy atom. The Bertz CT molecular complexity index is 252. The monoisotopic (exact) mass is 222 g/mol. The second kappa shape index (κ2) is 5.68. The fourth-order valence-corrected chi connectivity index (χ4v) is 2.50. The Morgan fingerprint density at radius 3 is 2.62 bits per heavy atom. The van der Waals surface area contributed by atoms with Gasteiger partial charge in [0.15, 0.2) is 0 Å². The molecule has 1 N–H and O–H groups in total. The van der Waals surface area contributed by atoms with Crippen LogP contribution >= 0.6 is 0 Å². The summed E-state index contributed by atoms with van der Waals surface area (Å²) in [6, 6.07) is 3.02. The summed E-state index contributed by atoms with van der Waals surface area (Å²) in [7, 11) is 0. The molecule has 2 nitrogen and oxygen atoms in total. The van der Waals surface area contributed by atoms with E-state index in [0.29, 0.717) is 6.04 Å². The van der Waals surface area contributed by atoms with Crippen molar-refractivity contribution in [1.82, 2.24) is 5.32 Å². The highest BCUT2D eigenvalue weighted by Gasteiger charge is 2.27. The lowest BCUT2D eigenvalue weighted by molar-refractivity contribution is 0.203. The summed E-state index contributed by atoms with van der Waals surface area (Å²) in [5, 5.41) is 12.6. The van der Waals surface area contributed by atoms with Gasteiger partial charge in [-0.1, -0.05) is 26.7 Å². The summed E-state index contributed by atoms with van der Waals surface area (Å²) in [5.41, 5.74) is -0.184. The number of rotatable bonds is 4. The first-order valence-electron chi connectivity index (χ1n) is 6.61. The molecule has 2 heteroatoms. The molecule has 92 valence electrons. The van der Waals surface area contributed by atoms with E-state index in [4.69, 9.17) is 5.26 Å². The molecule has 1 saturated carbocycles. The molecule has 3 atom stereocenters. The van der Waals surface area contributed by atoms with E-state index in [1.54, 1.807) is 0 Å². The number of nitrogens with zero attached hydrogens (tertiary/aromatic N) is 1. The molecule has 1 rings (SSSR count). The van der Waals surface area contributed by atoms with E-state index < -0.39 is 0 Å². The van der Waals surface area contributed by atoms with Gasteiger partial charge in [0.1, 0.15) is 0 Å². The third-order valence-electron chi connectivity index (χ3n) is 4.17. The summed E-state index contributed by atoms with van der Waals surface area (Å²) < 4.78 is 0. The van der Waals surface area contributed by atoms with E-state index >= 15 is 0 Å². The van der Waals surface area contributed by atoms with E-state index in [1.165, 1.54) is 19.3 Å². The molecule has 3 unspecified atom stereocenters. The first-order chi connectivity index (χ1) is 7.46. The van der Waals surface area contributed by atoms with Crippen molar-refractivity contribution in [2.75, 3.05) is 6.54 Å². The van der Waals surface area contributed by atoms with Crippen LogP contribution in [0, 0.1) is 28.6 Å². The third kappa shape index (κ3) is 3.79. The molecule has 16 heavy (non-hydrogen) atoms. The Kier molecular flexibility index (Phi) is 4.80. The molecule has 0 radical (unpaired) electrons. The van der Waals surface area contributed by atoms with Crippen LogP contribution < -0.4 is 5.32 Å². The van der Waals surface area contributed by atoms with Crippen LogP contribution in [-0.4, -0.2) is 12.6 Å². The minimum Gasteiger partial charge on any atom is -0.314 e. The standard InChI is InChI=1S/C14H26N2/c1-11-6-5-7-13(12(11)2)16-9-8-14(3,4)10-15/h11-13,16H,5-9H2,1-4H3. The molecular weight excluding hydrogens is 196 g/mol. The highest BCUT2D eigenvalue weighted by molar-refractivity contribution is 4.92. The van der Waals surface area contributed by atoms with Crippen LogP contribution in [-0.2, 0) is 0 Å². The van der Waals surface area contributed by atoms with Gasteiger partial charge >= 0.3 is 0 Å². The molecule has 1 aliphatic carbocycles. The topological polar surface area (TPSA) is 35.8 Å². The first kappa shape index (κ1) is 13.5. The summed E-state index contributed by atoms with van der Waals surface area (Å²) in [6.45, 7) is 9.72. The maximum Gasteiger partial charge on any atom is 0.0684 e. The highest BCUT2D eigenvalue weighted by Crippen LogP contribution is 2.29. The molecule has 0 bridgehead atoms. The lowest BCUT2D eigenvalue weighted by atomic mass is 9.78. The summed E-state index contributed by atoms with van der Waals surface area (Å²) in [5.74, 6) is 1.62. The molecule has 0 aromatic carbocycles. The number of nitriles is 1. The first-order valence-corrected chi connectivity index (χ1v) is 6.61. The number of hydrogen-bond donors (Lipinski definition) is 1. The molecule has 1 aliphatic rings. The van der Waals surface area contributed by atoms with Gasteiger partial charge in [-0.2, -0.15) is 5.26 Å². The van der Waals surface area contributed by atoms with Crippen LogP contribution in [0.4, 0.5) is 0 Å². The Hall–Kier alpha value is -0.550. The van der Waals surface area contributed by atoms with Gasteiger partial charge in [0.25, 0.3) is 0 Å². The second-order valence-electron chi connectivity index (χ2n) is 6.07.